The van der Waals surface area contributed by atoms with Gasteiger partial charge in [0.15, 0.2) is 0 Å². The first-order valence-corrected chi connectivity index (χ1v) is 6.01. The topological polar surface area (TPSA) is 51.2 Å². The first kappa shape index (κ1) is 13.3. The predicted octanol–water partition coefficient (Wildman–Crippen LogP) is 2.86. The highest BCUT2D eigenvalue weighted by atomic mass is 79.9. The monoisotopic (exact) mass is 306 g/mol. The van der Waals surface area contributed by atoms with Crippen LogP contribution < -0.4 is 5.32 Å². The summed E-state index contributed by atoms with van der Waals surface area (Å²) in [4.78, 5) is 15.1. The normalized spacial score (nSPS) is 9.94. The number of rotatable bonds is 5. The summed E-state index contributed by atoms with van der Waals surface area (Å²) in [6.45, 7) is 2.66. The molecule has 0 saturated carbocycles. The largest absolute Gasteiger partial charge is 0.466 e. The van der Waals surface area contributed by atoms with E-state index in [-0.39, 0.29) is 5.97 Å². The third-order valence-electron chi connectivity index (χ3n) is 1.73. The number of nitrogens with one attached hydrogen (secondary N) is 1. The Labute approximate surface area is 107 Å². The van der Waals surface area contributed by atoms with Crippen molar-refractivity contribution in [1.29, 1.82) is 0 Å². The van der Waals surface area contributed by atoms with Crippen molar-refractivity contribution in [2.24, 2.45) is 0 Å². The maximum atomic E-state index is 11.1. The lowest BCUT2D eigenvalue weighted by atomic mass is 10.4. The number of hydrogen-bond acceptors (Lipinski definition) is 4. The number of anilines is 1. The SMILES string of the molecule is CCOC(=O)CCNc1ncc(Cl)cc1Br. The molecule has 1 rings (SSSR count). The molecular formula is C10H12BrClN2O2. The highest BCUT2D eigenvalue weighted by molar-refractivity contribution is 9.10. The molecule has 0 aliphatic rings. The van der Waals surface area contributed by atoms with Gasteiger partial charge in [-0.25, -0.2) is 4.98 Å². The quantitative estimate of drug-likeness (QED) is 0.850. The van der Waals surface area contributed by atoms with Gasteiger partial charge in [0.2, 0.25) is 0 Å². The number of hydrogen-bond donors (Lipinski definition) is 1. The van der Waals surface area contributed by atoms with Gasteiger partial charge in [0.05, 0.1) is 22.5 Å². The molecule has 0 spiro atoms. The summed E-state index contributed by atoms with van der Waals surface area (Å²) in [5, 5.41) is 3.57. The molecule has 1 N–H and O–H groups in total. The van der Waals surface area contributed by atoms with Crippen molar-refractivity contribution in [3.63, 3.8) is 0 Å². The first-order chi connectivity index (χ1) is 7.63. The Balaban J connectivity index is 2.40. The number of halogens is 2. The van der Waals surface area contributed by atoms with E-state index in [4.69, 9.17) is 16.3 Å². The van der Waals surface area contributed by atoms with E-state index in [0.29, 0.717) is 30.4 Å². The van der Waals surface area contributed by atoms with E-state index < -0.39 is 0 Å². The lowest BCUT2D eigenvalue weighted by molar-refractivity contribution is -0.142. The molecule has 0 amide bonds. The molecule has 0 aromatic carbocycles. The summed E-state index contributed by atoms with van der Waals surface area (Å²) in [5.74, 6) is 0.439. The number of carbonyl (C=O) groups is 1. The van der Waals surface area contributed by atoms with Crippen LogP contribution in [-0.4, -0.2) is 24.1 Å². The Morgan fingerprint density at radius 1 is 1.69 bits per heavy atom. The lowest BCUT2D eigenvalue weighted by Crippen LogP contribution is -2.12. The van der Waals surface area contributed by atoms with E-state index in [0.717, 1.165) is 4.47 Å². The maximum absolute atomic E-state index is 11.1. The van der Waals surface area contributed by atoms with Crippen molar-refractivity contribution in [3.05, 3.63) is 21.8 Å². The van der Waals surface area contributed by atoms with E-state index in [1.807, 2.05) is 0 Å². The zero-order valence-corrected chi connectivity index (χ0v) is 11.1. The third kappa shape index (κ3) is 4.37. The van der Waals surface area contributed by atoms with Crippen LogP contribution in [0.3, 0.4) is 0 Å². The van der Waals surface area contributed by atoms with E-state index in [1.165, 1.54) is 0 Å². The average Bonchev–Trinajstić information content (AvgIpc) is 2.22. The molecule has 6 heteroatoms. The fraction of sp³-hybridized carbons (Fsp3) is 0.400. The molecule has 0 radical (unpaired) electrons. The second kappa shape index (κ2) is 6.70. The van der Waals surface area contributed by atoms with E-state index in [1.54, 1.807) is 19.2 Å². The lowest BCUT2D eigenvalue weighted by Gasteiger charge is -2.07. The van der Waals surface area contributed by atoms with Gasteiger partial charge in [-0.05, 0) is 28.9 Å². The summed E-state index contributed by atoms with van der Waals surface area (Å²) in [6.07, 6.45) is 1.85. The zero-order chi connectivity index (χ0) is 12.0. The first-order valence-electron chi connectivity index (χ1n) is 4.84. The second-order valence-corrected chi connectivity index (χ2v) is 4.26. The van der Waals surface area contributed by atoms with Crippen LogP contribution in [-0.2, 0) is 9.53 Å². The van der Waals surface area contributed by atoms with Gasteiger partial charge in [-0.1, -0.05) is 11.6 Å². The van der Waals surface area contributed by atoms with Crippen LogP contribution in [0.2, 0.25) is 5.02 Å². The molecular weight excluding hydrogens is 295 g/mol. The van der Waals surface area contributed by atoms with Gasteiger partial charge in [0, 0.05) is 12.7 Å². The minimum Gasteiger partial charge on any atom is -0.466 e. The molecule has 4 nitrogen and oxygen atoms in total. The summed E-state index contributed by atoms with van der Waals surface area (Å²) < 4.78 is 5.56. The van der Waals surface area contributed by atoms with Crippen LogP contribution in [0, 0.1) is 0 Å². The molecule has 1 aromatic rings. The molecule has 0 unspecified atom stereocenters. The van der Waals surface area contributed by atoms with E-state index in [2.05, 4.69) is 26.2 Å². The van der Waals surface area contributed by atoms with Crippen LogP contribution in [0.5, 0.6) is 0 Å². The minimum absolute atomic E-state index is 0.222. The van der Waals surface area contributed by atoms with Crippen LogP contribution in [0.1, 0.15) is 13.3 Å². The molecule has 88 valence electrons. The Bertz CT molecular complexity index is 374. The zero-order valence-electron chi connectivity index (χ0n) is 8.80. The fourth-order valence-electron chi connectivity index (χ4n) is 1.06. The molecule has 16 heavy (non-hydrogen) atoms. The second-order valence-electron chi connectivity index (χ2n) is 2.97. The highest BCUT2D eigenvalue weighted by Crippen LogP contribution is 2.22. The average molecular weight is 308 g/mol. The summed E-state index contributed by atoms with van der Waals surface area (Å²) in [7, 11) is 0. The van der Waals surface area contributed by atoms with Crippen LogP contribution in [0.4, 0.5) is 5.82 Å². The number of nitrogens with zero attached hydrogens (tertiary/aromatic N) is 1. The van der Waals surface area contributed by atoms with Gasteiger partial charge in [-0.3, -0.25) is 4.79 Å². The Hall–Kier alpha value is -0.810. The number of esters is 1. The number of aromatic nitrogens is 1. The summed E-state index contributed by atoms with van der Waals surface area (Å²) >= 11 is 9.07. The Morgan fingerprint density at radius 3 is 3.06 bits per heavy atom. The van der Waals surface area contributed by atoms with Gasteiger partial charge in [0.1, 0.15) is 5.82 Å². The van der Waals surface area contributed by atoms with E-state index >= 15 is 0 Å². The van der Waals surface area contributed by atoms with E-state index in [9.17, 15) is 4.79 Å². The minimum atomic E-state index is -0.222. The number of ether oxygens (including phenoxy) is 1. The van der Waals surface area contributed by atoms with Crippen molar-refractivity contribution >= 4 is 39.3 Å². The van der Waals surface area contributed by atoms with Crippen LogP contribution in [0.25, 0.3) is 0 Å². The van der Waals surface area contributed by atoms with Crippen molar-refractivity contribution in [1.82, 2.24) is 4.98 Å². The molecule has 0 aliphatic heterocycles. The molecule has 0 saturated heterocycles. The van der Waals surface area contributed by atoms with Crippen molar-refractivity contribution in [2.75, 3.05) is 18.5 Å². The molecule has 1 aromatic heterocycles. The fourth-order valence-corrected chi connectivity index (χ4v) is 1.84. The Morgan fingerprint density at radius 2 is 2.44 bits per heavy atom. The van der Waals surface area contributed by atoms with Gasteiger partial charge in [0.25, 0.3) is 0 Å². The van der Waals surface area contributed by atoms with Crippen molar-refractivity contribution in [3.8, 4) is 0 Å². The molecule has 0 atom stereocenters. The number of pyridine rings is 1. The van der Waals surface area contributed by atoms with Gasteiger partial charge in [-0.15, -0.1) is 0 Å². The molecule has 0 bridgehead atoms. The summed E-state index contributed by atoms with van der Waals surface area (Å²) in [6, 6.07) is 1.74. The highest BCUT2D eigenvalue weighted by Gasteiger charge is 2.04. The smallest absolute Gasteiger partial charge is 0.307 e. The van der Waals surface area contributed by atoms with Gasteiger partial charge < -0.3 is 10.1 Å². The van der Waals surface area contributed by atoms with Crippen LogP contribution in [0.15, 0.2) is 16.7 Å². The predicted molar refractivity (Wildman–Crippen MR) is 66.7 cm³/mol. The van der Waals surface area contributed by atoms with Gasteiger partial charge >= 0.3 is 5.97 Å². The van der Waals surface area contributed by atoms with Crippen molar-refractivity contribution in [2.45, 2.75) is 13.3 Å². The van der Waals surface area contributed by atoms with Crippen LogP contribution >= 0.6 is 27.5 Å². The van der Waals surface area contributed by atoms with Crippen molar-refractivity contribution < 1.29 is 9.53 Å². The Kier molecular flexibility index (Phi) is 5.55. The molecule has 0 aliphatic carbocycles. The third-order valence-corrected chi connectivity index (χ3v) is 2.55. The maximum Gasteiger partial charge on any atom is 0.307 e. The summed E-state index contributed by atoms with van der Waals surface area (Å²) in [5.41, 5.74) is 0. The molecule has 1 heterocycles. The standard InChI is InChI=1S/C10H12BrClN2O2/c1-2-16-9(15)3-4-13-10-8(11)5-7(12)6-14-10/h5-6H,2-4H2,1H3,(H,13,14). The van der Waals surface area contributed by atoms with Gasteiger partial charge in [-0.2, -0.15) is 0 Å². The molecule has 0 fully saturated rings. The number of carbonyl (C=O) groups excluding carboxylic acids is 1.